The molecule has 0 atom stereocenters. The molecular formula is C8H18O. The predicted octanol–water partition coefficient (Wildman–Crippen LogP) is 2.60. The molecule has 0 aromatic heterocycles. The Labute approximate surface area is 58.4 Å². The minimum Gasteiger partial charge on any atom is -0.381 e. The first kappa shape index (κ1) is 8.96. The normalized spacial score (nSPS) is 10.0. The Morgan fingerprint density at radius 2 is 1.67 bits per heavy atom. The Morgan fingerprint density at radius 3 is 2.22 bits per heavy atom. The highest BCUT2D eigenvalue weighted by molar-refractivity contribution is 4.35. The summed E-state index contributed by atoms with van der Waals surface area (Å²) >= 11 is 0. The molecule has 0 fully saturated rings. The van der Waals surface area contributed by atoms with Crippen molar-refractivity contribution in [1.29, 1.82) is 0 Å². The van der Waals surface area contributed by atoms with Crippen molar-refractivity contribution in [2.24, 2.45) is 0 Å². The highest BCUT2D eigenvalue weighted by Crippen LogP contribution is 1.93. The number of rotatable bonds is 6. The Morgan fingerprint density at radius 1 is 0.889 bits per heavy atom. The summed E-state index contributed by atoms with van der Waals surface area (Å²) in [6, 6.07) is 0. The van der Waals surface area contributed by atoms with Gasteiger partial charge in [-0.2, -0.15) is 0 Å². The fraction of sp³-hybridized carbons (Fsp3) is 1.00. The van der Waals surface area contributed by atoms with Gasteiger partial charge in [-0.15, -0.1) is 0 Å². The Kier molecular flexibility index (Phi) is 7.92. The quantitative estimate of drug-likeness (QED) is 0.502. The van der Waals surface area contributed by atoms with Crippen LogP contribution in [0.4, 0.5) is 0 Å². The topological polar surface area (TPSA) is 9.23 Å². The van der Waals surface area contributed by atoms with Crippen molar-refractivity contribution in [3.05, 3.63) is 0 Å². The van der Waals surface area contributed by atoms with Gasteiger partial charge < -0.3 is 4.74 Å². The first-order chi connectivity index (χ1) is 4.41. The second-order valence-electron chi connectivity index (χ2n) is 2.32. The standard InChI is InChI=1S/C8H18O/c1-3-5-6-8-9-7-4-2/h3-8H2,1-2H3. The van der Waals surface area contributed by atoms with Crippen molar-refractivity contribution < 1.29 is 4.74 Å². The number of ether oxygens (including phenoxy) is 1. The maximum Gasteiger partial charge on any atom is 0.0466 e. The van der Waals surface area contributed by atoms with Crippen molar-refractivity contribution in [2.45, 2.75) is 39.5 Å². The highest BCUT2D eigenvalue weighted by atomic mass is 16.5. The maximum atomic E-state index is 5.28. The Bertz CT molecular complexity index is 37.8. The van der Waals surface area contributed by atoms with Gasteiger partial charge in [-0.1, -0.05) is 26.7 Å². The van der Waals surface area contributed by atoms with Crippen LogP contribution in [0.5, 0.6) is 0 Å². The van der Waals surface area contributed by atoms with Crippen LogP contribution in [0.25, 0.3) is 0 Å². The molecular weight excluding hydrogens is 112 g/mol. The lowest BCUT2D eigenvalue weighted by Gasteiger charge is -1.99. The average molecular weight is 130 g/mol. The Hall–Kier alpha value is -0.0400. The van der Waals surface area contributed by atoms with E-state index in [0.29, 0.717) is 0 Å². The molecule has 0 saturated carbocycles. The third-order valence-electron chi connectivity index (χ3n) is 1.24. The van der Waals surface area contributed by atoms with Gasteiger partial charge >= 0.3 is 0 Å². The van der Waals surface area contributed by atoms with Crippen molar-refractivity contribution in [3.63, 3.8) is 0 Å². The van der Waals surface area contributed by atoms with Gasteiger partial charge in [-0.3, -0.25) is 0 Å². The van der Waals surface area contributed by atoms with Gasteiger partial charge in [-0.05, 0) is 12.8 Å². The average Bonchev–Trinajstić information content (AvgIpc) is 1.89. The van der Waals surface area contributed by atoms with Gasteiger partial charge in [0.25, 0.3) is 0 Å². The lowest BCUT2D eigenvalue weighted by Crippen LogP contribution is -1.94. The van der Waals surface area contributed by atoms with E-state index in [2.05, 4.69) is 13.8 Å². The smallest absolute Gasteiger partial charge is 0.0466 e. The van der Waals surface area contributed by atoms with Crippen molar-refractivity contribution in [3.8, 4) is 0 Å². The summed E-state index contributed by atoms with van der Waals surface area (Å²) in [5.74, 6) is 0. The summed E-state index contributed by atoms with van der Waals surface area (Å²) in [5.41, 5.74) is 0. The van der Waals surface area contributed by atoms with Crippen molar-refractivity contribution in [1.82, 2.24) is 0 Å². The molecule has 56 valence electrons. The van der Waals surface area contributed by atoms with E-state index < -0.39 is 0 Å². The maximum absolute atomic E-state index is 5.28. The summed E-state index contributed by atoms with van der Waals surface area (Å²) in [4.78, 5) is 0. The third kappa shape index (κ3) is 7.96. The lowest BCUT2D eigenvalue weighted by molar-refractivity contribution is 0.131. The van der Waals surface area contributed by atoms with E-state index in [1.54, 1.807) is 0 Å². The predicted molar refractivity (Wildman–Crippen MR) is 40.6 cm³/mol. The van der Waals surface area contributed by atoms with Gasteiger partial charge in [0.15, 0.2) is 0 Å². The van der Waals surface area contributed by atoms with Crippen LogP contribution < -0.4 is 0 Å². The highest BCUT2D eigenvalue weighted by Gasteiger charge is 1.84. The van der Waals surface area contributed by atoms with Gasteiger partial charge in [0.2, 0.25) is 0 Å². The minimum atomic E-state index is 0.934. The zero-order valence-electron chi connectivity index (χ0n) is 6.65. The minimum absolute atomic E-state index is 0.934. The van der Waals surface area contributed by atoms with Crippen molar-refractivity contribution >= 4 is 0 Å². The lowest BCUT2D eigenvalue weighted by atomic mass is 10.3. The molecule has 1 heteroatoms. The molecule has 0 bridgehead atoms. The molecule has 9 heavy (non-hydrogen) atoms. The van der Waals surface area contributed by atoms with Crippen LogP contribution in [0.3, 0.4) is 0 Å². The molecule has 0 unspecified atom stereocenters. The largest absolute Gasteiger partial charge is 0.381 e. The van der Waals surface area contributed by atoms with Gasteiger partial charge in [0, 0.05) is 13.2 Å². The molecule has 0 aromatic rings. The monoisotopic (exact) mass is 130 g/mol. The summed E-state index contributed by atoms with van der Waals surface area (Å²) in [6.07, 6.45) is 4.97. The van der Waals surface area contributed by atoms with Gasteiger partial charge in [-0.25, -0.2) is 0 Å². The van der Waals surface area contributed by atoms with E-state index in [-0.39, 0.29) is 0 Å². The molecule has 0 heterocycles. The molecule has 0 rings (SSSR count). The zero-order chi connectivity index (χ0) is 6.95. The molecule has 0 aliphatic carbocycles. The Balaban J connectivity index is 2.60. The van der Waals surface area contributed by atoms with Crippen LogP contribution >= 0.6 is 0 Å². The summed E-state index contributed by atoms with van der Waals surface area (Å²) < 4.78 is 5.28. The van der Waals surface area contributed by atoms with E-state index in [0.717, 1.165) is 19.6 Å². The molecule has 0 spiro atoms. The molecule has 0 aromatic carbocycles. The second-order valence-corrected chi connectivity index (χ2v) is 2.32. The summed E-state index contributed by atoms with van der Waals surface area (Å²) in [6.45, 7) is 6.24. The number of hydrogen-bond donors (Lipinski definition) is 0. The SMILES string of the molecule is CCCCCOCCC. The molecule has 0 aliphatic rings. The first-order valence-corrected chi connectivity index (χ1v) is 3.99. The fourth-order valence-electron chi connectivity index (χ4n) is 0.701. The van der Waals surface area contributed by atoms with Crippen LogP contribution in [0.15, 0.2) is 0 Å². The third-order valence-corrected chi connectivity index (χ3v) is 1.24. The van der Waals surface area contributed by atoms with E-state index in [9.17, 15) is 0 Å². The zero-order valence-corrected chi connectivity index (χ0v) is 6.65. The van der Waals surface area contributed by atoms with Gasteiger partial charge in [0.05, 0.1) is 0 Å². The van der Waals surface area contributed by atoms with Crippen LogP contribution in [-0.2, 0) is 4.74 Å². The first-order valence-electron chi connectivity index (χ1n) is 3.99. The van der Waals surface area contributed by atoms with Crippen LogP contribution in [-0.4, -0.2) is 13.2 Å². The molecule has 0 amide bonds. The van der Waals surface area contributed by atoms with Crippen LogP contribution in [0.1, 0.15) is 39.5 Å². The molecule has 0 aliphatic heterocycles. The number of hydrogen-bond acceptors (Lipinski definition) is 1. The fourth-order valence-corrected chi connectivity index (χ4v) is 0.701. The molecule has 0 radical (unpaired) electrons. The van der Waals surface area contributed by atoms with Crippen molar-refractivity contribution in [2.75, 3.05) is 13.2 Å². The molecule has 0 N–H and O–H groups in total. The van der Waals surface area contributed by atoms with E-state index in [1.165, 1.54) is 19.3 Å². The van der Waals surface area contributed by atoms with Crippen LogP contribution in [0, 0.1) is 0 Å². The van der Waals surface area contributed by atoms with Gasteiger partial charge in [0.1, 0.15) is 0 Å². The molecule has 1 nitrogen and oxygen atoms in total. The summed E-state index contributed by atoms with van der Waals surface area (Å²) in [7, 11) is 0. The molecule has 0 saturated heterocycles. The summed E-state index contributed by atoms with van der Waals surface area (Å²) in [5, 5.41) is 0. The van der Waals surface area contributed by atoms with E-state index in [4.69, 9.17) is 4.74 Å². The van der Waals surface area contributed by atoms with Crippen LogP contribution in [0.2, 0.25) is 0 Å². The number of unbranched alkanes of at least 4 members (excludes halogenated alkanes) is 2. The second kappa shape index (κ2) is 7.96. The van der Waals surface area contributed by atoms with E-state index >= 15 is 0 Å². The van der Waals surface area contributed by atoms with E-state index in [1.807, 2.05) is 0 Å².